The molecule has 0 saturated carbocycles. The molecule has 0 atom stereocenters. The minimum Gasteiger partial charge on any atom is -0.460 e. The number of hydrogen-bond donors (Lipinski definition) is 1. The quantitative estimate of drug-likeness (QED) is 0.666. The summed E-state index contributed by atoms with van der Waals surface area (Å²) < 4.78 is 5.30. The molecule has 1 aromatic carbocycles. The van der Waals surface area contributed by atoms with Crippen molar-refractivity contribution < 1.29 is 9.53 Å². The molecule has 0 saturated heterocycles. The number of thiol groups is 1. The minimum atomic E-state index is -0.461. The van der Waals surface area contributed by atoms with Gasteiger partial charge >= 0.3 is 5.97 Å². The van der Waals surface area contributed by atoms with Crippen LogP contribution in [0.1, 0.15) is 45.7 Å². The summed E-state index contributed by atoms with van der Waals surface area (Å²) in [6.45, 7) is 10.1. The lowest BCUT2D eigenvalue weighted by Crippen LogP contribution is -2.23. The minimum absolute atomic E-state index is 0.0792. The van der Waals surface area contributed by atoms with Crippen LogP contribution in [0.4, 0.5) is 0 Å². The molecule has 0 amide bonds. The van der Waals surface area contributed by atoms with E-state index in [9.17, 15) is 4.79 Å². The average Bonchev–Trinajstić information content (AvgIpc) is 2.24. The fourth-order valence-electron chi connectivity index (χ4n) is 1.70. The van der Waals surface area contributed by atoms with E-state index in [-0.39, 0.29) is 10.7 Å². The van der Waals surface area contributed by atoms with Crippen molar-refractivity contribution in [3.63, 3.8) is 0 Å². The summed E-state index contributed by atoms with van der Waals surface area (Å²) >= 11 is 4.56. The second-order valence-electron chi connectivity index (χ2n) is 6.58. The van der Waals surface area contributed by atoms with Gasteiger partial charge in [0.05, 0.1) is 5.41 Å². The summed E-state index contributed by atoms with van der Waals surface area (Å²) in [7, 11) is 0. The van der Waals surface area contributed by atoms with Gasteiger partial charge in [0.1, 0.15) is 6.61 Å². The highest BCUT2D eigenvalue weighted by Gasteiger charge is 2.23. The molecular weight excluding hydrogens is 256 g/mol. The fourth-order valence-corrected chi connectivity index (χ4v) is 1.87. The highest BCUT2D eigenvalue weighted by atomic mass is 32.1. The molecule has 0 fully saturated rings. The first-order valence-corrected chi connectivity index (χ1v) is 7.01. The van der Waals surface area contributed by atoms with E-state index in [0.717, 1.165) is 12.0 Å². The van der Waals surface area contributed by atoms with Gasteiger partial charge < -0.3 is 4.74 Å². The van der Waals surface area contributed by atoms with Crippen molar-refractivity contribution in [3.8, 4) is 0 Å². The van der Waals surface area contributed by atoms with Gasteiger partial charge in [0.2, 0.25) is 0 Å². The predicted molar refractivity (Wildman–Crippen MR) is 82.5 cm³/mol. The molecule has 19 heavy (non-hydrogen) atoms. The lowest BCUT2D eigenvalue weighted by atomic mass is 9.96. The van der Waals surface area contributed by atoms with Gasteiger partial charge in [0.25, 0.3) is 0 Å². The summed E-state index contributed by atoms with van der Waals surface area (Å²) in [5, 5.41) is 0. The Hall–Kier alpha value is -0.960. The van der Waals surface area contributed by atoms with Crippen LogP contribution in [0.3, 0.4) is 0 Å². The van der Waals surface area contributed by atoms with Crippen molar-refractivity contribution in [2.45, 2.75) is 52.4 Å². The monoisotopic (exact) mass is 280 g/mol. The maximum absolute atomic E-state index is 11.8. The van der Waals surface area contributed by atoms with E-state index in [1.807, 2.05) is 39.0 Å². The summed E-state index contributed by atoms with van der Waals surface area (Å²) in [5.74, 6) is -0.174. The van der Waals surface area contributed by atoms with Crippen LogP contribution >= 0.6 is 12.6 Å². The predicted octanol–water partition coefficient (Wildman–Crippen LogP) is 4.03. The van der Waals surface area contributed by atoms with E-state index in [1.54, 1.807) is 0 Å². The van der Waals surface area contributed by atoms with Crippen LogP contribution < -0.4 is 0 Å². The molecular formula is C16H24O2S. The molecule has 0 aliphatic carbocycles. The Labute approximate surface area is 122 Å². The molecule has 0 aliphatic rings. The number of rotatable bonds is 4. The van der Waals surface area contributed by atoms with E-state index >= 15 is 0 Å². The first-order valence-electron chi connectivity index (χ1n) is 6.56. The Morgan fingerprint density at radius 1 is 1.11 bits per heavy atom. The molecule has 0 unspecified atom stereocenters. The number of carbonyl (C=O) groups excluding carboxylic acids is 1. The molecule has 2 nitrogen and oxygen atoms in total. The topological polar surface area (TPSA) is 26.3 Å². The molecule has 0 heterocycles. The van der Waals surface area contributed by atoms with Crippen molar-refractivity contribution in [2.75, 3.05) is 0 Å². The van der Waals surface area contributed by atoms with Crippen molar-refractivity contribution in [2.24, 2.45) is 5.41 Å². The Morgan fingerprint density at radius 2 is 1.63 bits per heavy atom. The van der Waals surface area contributed by atoms with Crippen LogP contribution in [0.2, 0.25) is 0 Å². The van der Waals surface area contributed by atoms with Gasteiger partial charge in [-0.25, -0.2) is 0 Å². The molecule has 0 radical (unpaired) electrons. The zero-order valence-electron chi connectivity index (χ0n) is 12.5. The van der Waals surface area contributed by atoms with E-state index in [1.165, 1.54) is 5.56 Å². The smallest absolute Gasteiger partial charge is 0.311 e. The van der Waals surface area contributed by atoms with E-state index in [2.05, 4.69) is 32.5 Å². The second kappa shape index (κ2) is 6.00. The van der Waals surface area contributed by atoms with Gasteiger partial charge in [-0.05, 0) is 38.3 Å². The average molecular weight is 280 g/mol. The maximum atomic E-state index is 11.8. The summed E-state index contributed by atoms with van der Waals surface area (Å²) in [5.41, 5.74) is 1.78. The highest BCUT2D eigenvalue weighted by Crippen LogP contribution is 2.23. The third kappa shape index (κ3) is 5.68. The number of esters is 1. The van der Waals surface area contributed by atoms with Crippen LogP contribution in [0, 0.1) is 5.41 Å². The molecule has 3 heteroatoms. The van der Waals surface area contributed by atoms with Gasteiger partial charge in [0, 0.05) is 4.75 Å². The van der Waals surface area contributed by atoms with Crippen LogP contribution in [0.15, 0.2) is 24.3 Å². The van der Waals surface area contributed by atoms with Crippen molar-refractivity contribution in [3.05, 3.63) is 35.4 Å². The summed E-state index contributed by atoms with van der Waals surface area (Å²) in [6, 6.07) is 8.04. The first-order chi connectivity index (χ1) is 8.59. The SMILES string of the molecule is CC(C)(S)Cc1ccccc1COC(=O)C(C)(C)C. The first kappa shape index (κ1) is 16.1. The van der Waals surface area contributed by atoms with Crippen LogP contribution in [0.5, 0.6) is 0 Å². The molecule has 0 aliphatic heterocycles. The third-order valence-electron chi connectivity index (χ3n) is 2.71. The van der Waals surface area contributed by atoms with Gasteiger partial charge in [-0.3, -0.25) is 4.79 Å². The zero-order chi connectivity index (χ0) is 14.7. The molecule has 0 N–H and O–H groups in total. The van der Waals surface area contributed by atoms with E-state index in [0.29, 0.717) is 6.61 Å². The molecule has 1 aromatic rings. The molecule has 1 rings (SSSR count). The number of carbonyl (C=O) groups is 1. The number of hydrogen-bond acceptors (Lipinski definition) is 3. The van der Waals surface area contributed by atoms with Crippen LogP contribution in [-0.2, 0) is 22.6 Å². The van der Waals surface area contributed by atoms with E-state index < -0.39 is 5.41 Å². The maximum Gasteiger partial charge on any atom is 0.311 e. The van der Waals surface area contributed by atoms with Crippen molar-refractivity contribution in [1.82, 2.24) is 0 Å². The largest absolute Gasteiger partial charge is 0.460 e. The van der Waals surface area contributed by atoms with Crippen LogP contribution in [-0.4, -0.2) is 10.7 Å². The number of benzene rings is 1. The van der Waals surface area contributed by atoms with Gasteiger partial charge in [0.15, 0.2) is 0 Å². The highest BCUT2D eigenvalue weighted by molar-refractivity contribution is 7.81. The third-order valence-corrected chi connectivity index (χ3v) is 2.87. The molecule has 0 aromatic heterocycles. The molecule has 106 valence electrons. The standard InChI is InChI=1S/C16H24O2S/c1-15(2,3)14(17)18-11-13-9-7-6-8-12(13)10-16(4,5)19/h6-9,19H,10-11H2,1-5H3. The van der Waals surface area contributed by atoms with Crippen LogP contribution in [0.25, 0.3) is 0 Å². The molecule has 0 bridgehead atoms. The van der Waals surface area contributed by atoms with Gasteiger partial charge in [-0.1, -0.05) is 38.1 Å². The Bertz CT molecular complexity index is 439. The zero-order valence-corrected chi connectivity index (χ0v) is 13.4. The van der Waals surface area contributed by atoms with Gasteiger partial charge in [-0.15, -0.1) is 0 Å². The fraction of sp³-hybridized carbons (Fsp3) is 0.562. The summed E-state index contributed by atoms with van der Waals surface area (Å²) in [6.07, 6.45) is 0.847. The Morgan fingerprint density at radius 3 is 2.11 bits per heavy atom. The number of ether oxygens (including phenoxy) is 1. The second-order valence-corrected chi connectivity index (χ2v) is 7.79. The van der Waals surface area contributed by atoms with Gasteiger partial charge in [-0.2, -0.15) is 12.6 Å². The Balaban J connectivity index is 2.77. The normalized spacial score (nSPS) is 12.3. The summed E-state index contributed by atoms with van der Waals surface area (Å²) in [4.78, 5) is 11.8. The van der Waals surface area contributed by atoms with E-state index in [4.69, 9.17) is 4.74 Å². The Kier molecular flexibility index (Phi) is 5.08. The van der Waals surface area contributed by atoms with Crippen molar-refractivity contribution in [1.29, 1.82) is 0 Å². The lowest BCUT2D eigenvalue weighted by Gasteiger charge is -2.21. The lowest BCUT2D eigenvalue weighted by molar-refractivity contribution is -0.154. The molecule has 0 spiro atoms. The van der Waals surface area contributed by atoms with Crippen molar-refractivity contribution >= 4 is 18.6 Å².